The van der Waals surface area contributed by atoms with Crippen molar-refractivity contribution in [2.24, 2.45) is 0 Å². The molecule has 1 aromatic rings. The number of methoxy groups -OCH3 is 1. The predicted molar refractivity (Wildman–Crippen MR) is 87.4 cm³/mol. The Morgan fingerprint density at radius 1 is 1.29 bits per heavy atom. The second kappa shape index (κ2) is 9.53. The molecule has 21 heavy (non-hydrogen) atoms. The van der Waals surface area contributed by atoms with Crippen LogP contribution in [0.15, 0.2) is 10.3 Å². The average molecular weight is 335 g/mol. The van der Waals surface area contributed by atoms with Gasteiger partial charge in [-0.05, 0) is 44.4 Å². The fraction of sp³-hybridized carbons (Fsp3) is 0.714. The first-order valence-electron chi connectivity index (χ1n) is 7.30. The van der Waals surface area contributed by atoms with Crippen LogP contribution in [0.1, 0.15) is 36.6 Å². The van der Waals surface area contributed by atoms with Crippen molar-refractivity contribution in [3.63, 3.8) is 0 Å². The van der Waals surface area contributed by atoms with Gasteiger partial charge in [0.05, 0.1) is 0 Å². The molecule has 0 atom stereocenters. The van der Waals surface area contributed by atoms with Gasteiger partial charge in [-0.15, -0.1) is 11.3 Å². The van der Waals surface area contributed by atoms with Gasteiger partial charge in [-0.25, -0.2) is 13.1 Å². The van der Waals surface area contributed by atoms with E-state index in [1.165, 1.54) is 11.3 Å². The molecule has 0 saturated carbocycles. The lowest BCUT2D eigenvalue weighted by atomic mass is 10.3. The normalized spacial score (nSPS) is 12.0. The first-order chi connectivity index (χ1) is 10.0. The molecule has 0 aliphatic heterocycles. The number of ether oxygens (including phenoxy) is 1. The van der Waals surface area contributed by atoms with Crippen molar-refractivity contribution in [1.82, 2.24) is 10.0 Å². The number of unbranched alkanes of at least 4 members (excludes halogenated alkanes) is 1. The quantitative estimate of drug-likeness (QED) is 0.609. The molecule has 0 unspecified atom stereocenters. The first-order valence-corrected chi connectivity index (χ1v) is 9.60. The maximum Gasteiger partial charge on any atom is 0.250 e. The van der Waals surface area contributed by atoms with Crippen LogP contribution in [-0.4, -0.2) is 35.2 Å². The molecule has 0 aliphatic carbocycles. The fourth-order valence-corrected chi connectivity index (χ4v) is 4.50. The monoisotopic (exact) mass is 334 g/mol. The fourth-order valence-electron chi connectivity index (χ4n) is 1.82. The standard InChI is InChI=1S/C14H26N2O3S2/c1-4-7-15-11-13-12(2)10-14(20-13)21(17,18)16-8-5-6-9-19-3/h10,15-16H,4-9,11H2,1-3H3. The minimum Gasteiger partial charge on any atom is -0.385 e. The van der Waals surface area contributed by atoms with E-state index < -0.39 is 10.0 Å². The highest BCUT2D eigenvalue weighted by atomic mass is 32.2. The summed E-state index contributed by atoms with van der Waals surface area (Å²) < 4.78 is 32.4. The van der Waals surface area contributed by atoms with Crippen molar-refractivity contribution in [3.05, 3.63) is 16.5 Å². The van der Waals surface area contributed by atoms with Gasteiger partial charge in [0.2, 0.25) is 10.0 Å². The van der Waals surface area contributed by atoms with Crippen molar-refractivity contribution in [2.75, 3.05) is 26.8 Å². The van der Waals surface area contributed by atoms with Gasteiger partial charge in [0.1, 0.15) is 4.21 Å². The lowest BCUT2D eigenvalue weighted by molar-refractivity contribution is 0.193. The van der Waals surface area contributed by atoms with Crippen LogP contribution in [0.3, 0.4) is 0 Å². The zero-order valence-electron chi connectivity index (χ0n) is 13.1. The highest BCUT2D eigenvalue weighted by Crippen LogP contribution is 2.25. The maximum absolute atomic E-state index is 12.2. The Labute approximate surface area is 132 Å². The van der Waals surface area contributed by atoms with E-state index in [0.717, 1.165) is 42.8 Å². The van der Waals surface area contributed by atoms with Gasteiger partial charge in [-0.2, -0.15) is 0 Å². The molecule has 7 heteroatoms. The van der Waals surface area contributed by atoms with Gasteiger partial charge in [-0.1, -0.05) is 6.92 Å². The highest BCUT2D eigenvalue weighted by molar-refractivity contribution is 7.91. The molecule has 0 radical (unpaired) electrons. The predicted octanol–water partition coefficient (Wildman–Crippen LogP) is 2.26. The van der Waals surface area contributed by atoms with E-state index >= 15 is 0 Å². The lowest BCUT2D eigenvalue weighted by Crippen LogP contribution is -2.24. The number of sulfonamides is 1. The Kier molecular flexibility index (Phi) is 8.43. The van der Waals surface area contributed by atoms with Crippen LogP contribution in [0.4, 0.5) is 0 Å². The van der Waals surface area contributed by atoms with Crippen LogP contribution in [0, 0.1) is 6.92 Å². The zero-order chi connectivity index (χ0) is 15.7. The van der Waals surface area contributed by atoms with Gasteiger partial charge in [-0.3, -0.25) is 0 Å². The summed E-state index contributed by atoms with van der Waals surface area (Å²) >= 11 is 1.35. The number of thiophene rings is 1. The molecule has 1 rings (SSSR count). The molecule has 1 heterocycles. The Bertz CT molecular complexity index is 512. The number of nitrogens with one attached hydrogen (secondary N) is 2. The smallest absolute Gasteiger partial charge is 0.250 e. The second-order valence-electron chi connectivity index (χ2n) is 4.95. The van der Waals surface area contributed by atoms with Crippen molar-refractivity contribution in [2.45, 2.75) is 43.9 Å². The van der Waals surface area contributed by atoms with Gasteiger partial charge in [0.15, 0.2) is 0 Å². The molecule has 122 valence electrons. The number of hydrogen-bond donors (Lipinski definition) is 2. The summed E-state index contributed by atoms with van der Waals surface area (Å²) in [6.45, 7) is 6.85. The Hall–Kier alpha value is -0.470. The zero-order valence-corrected chi connectivity index (χ0v) is 14.7. The molecule has 0 aliphatic rings. The summed E-state index contributed by atoms with van der Waals surface area (Å²) in [6, 6.07) is 1.76. The van der Waals surface area contributed by atoms with Crippen molar-refractivity contribution >= 4 is 21.4 Å². The Balaban J connectivity index is 2.56. The second-order valence-corrected chi connectivity index (χ2v) is 8.08. The summed E-state index contributed by atoms with van der Waals surface area (Å²) in [5, 5.41) is 3.30. The first kappa shape index (κ1) is 18.6. The summed E-state index contributed by atoms with van der Waals surface area (Å²) in [5.74, 6) is 0. The minimum absolute atomic E-state index is 0.403. The molecule has 0 bridgehead atoms. The van der Waals surface area contributed by atoms with Gasteiger partial charge >= 0.3 is 0 Å². The van der Waals surface area contributed by atoms with E-state index in [4.69, 9.17) is 4.74 Å². The molecular formula is C14H26N2O3S2. The number of rotatable bonds is 11. The van der Waals surface area contributed by atoms with Gasteiger partial charge in [0.25, 0.3) is 0 Å². The number of hydrogen-bond acceptors (Lipinski definition) is 5. The van der Waals surface area contributed by atoms with Crippen LogP contribution in [0.2, 0.25) is 0 Å². The molecule has 0 fully saturated rings. The molecule has 1 aromatic heterocycles. The molecule has 0 amide bonds. The molecule has 0 aromatic carbocycles. The Morgan fingerprint density at radius 2 is 2.05 bits per heavy atom. The van der Waals surface area contributed by atoms with Crippen molar-refractivity contribution in [1.29, 1.82) is 0 Å². The maximum atomic E-state index is 12.2. The third-order valence-corrected chi connectivity index (χ3v) is 6.21. The highest BCUT2D eigenvalue weighted by Gasteiger charge is 2.18. The SMILES string of the molecule is CCCNCc1sc(S(=O)(=O)NCCCCOC)cc1C. The van der Waals surface area contributed by atoms with E-state index in [9.17, 15) is 8.42 Å². The van der Waals surface area contributed by atoms with Crippen molar-refractivity contribution in [3.8, 4) is 0 Å². The van der Waals surface area contributed by atoms with Crippen molar-refractivity contribution < 1.29 is 13.2 Å². The molecule has 0 spiro atoms. The van der Waals surface area contributed by atoms with Crippen LogP contribution in [-0.2, 0) is 21.3 Å². The van der Waals surface area contributed by atoms with E-state index in [1.807, 2.05) is 6.92 Å². The summed E-state index contributed by atoms with van der Waals surface area (Å²) in [4.78, 5) is 1.09. The third-order valence-electron chi connectivity index (χ3n) is 3.04. The molecule has 5 nitrogen and oxygen atoms in total. The van der Waals surface area contributed by atoms with E-state index in [1.54, 1.807) is 13.2 Å². The van der Waals surface area contributed by atoms with Gasteiger partial charge < -0.3 is 10.1 Å². The topological polar surface area (TPSA) is 67.4 Å². The molecule has 2 N–H and O–H groups in total. The van der Waals surface area contributed by atoms with Gasteiger partial charge in [0, 0.05) is 31.7 Å². The third kappa shape index (κ3) is 6.44. The van der Waals surface area contributed by atoms with Crippen LogP contribution in [0.25, 0.3) is 0 Å². The summed E-state index contributed by atoms with van der Waals surface area (Å²) in [6.07, 6.45) is 2.70. The van der Waals surface area contributed by atoms with Crippen LogP contribution >= 0.6 is 11.3 Å². The van der Waals surface area contributed by atoms with E-state index in [-0.39, 0.29) is 0 Å². The van der Waals surface area contributed by atoms with Crippen LogP contribution < -0.4 is 10.0 Å². The summed E-state index contributed by atoms with van der Waals surface area (Å²) in [5.41, 5.74) is 1.03. The molecule has 0 saturated heterocycles. The average Bonchev–Trinajstić information content (AvgIpc) is 2.81. The molecular weight excluding hydrogens is 308 g/mol. The van der Waals surface area contributed by atoms with E-state index in [2.05, 4.69) is 17.0 Å². The Morgan fingerprint density at radius 3 is 2.71 bits per heavy atom. The van der Waals surface area contributed by atoms with E-state index in [0.29, 0.717) is 17.4 Å². The van der Waals surface area contributed by atoms with Crippen LogP contribution in [0.5, 0.6) is 0 Å². The largest absolute Gasteiger partial charge is 0.385 e. The minimum atomic E-state index is -3.38. The summed E-state index contributed by atoms with van der Waals surface area (Å²) in [7, 11) is -1.73. The lowest BCUT2D eigenvalue weighted by Gasteiger charge is -2.04. The number of aryl methyl sites for hydroxylation is 1.